The predicted octanol–water partition coefficient (Wildman–Crippen LogP) is 2.46. The zero-order valence-corrected chi connectivity index (χ0v) is 7.19. The summed E-state index contributed by atoms with van der Waals surface area (Å²) in [6, 6.07) is 0. The molecule has 9 heavy (non-hydrogen) atoms. The van der Waals surface area contributed by atoms with Crippen LogP contribution in [-0.2, 0) is 4.74 Å². The SMILES string of the molecule is CC[C@@H](C)C(C)(C)OC. The Balaban J connectivity index is 3.80. The van der Waals surface area contributed by atoms with E-state index in [0.29, 0.717) is 5.92 Å². The van der Waals surface area contributed by atoms with Gasteiger partial charge in [-0.1, -0.05) is 20.3 Å². The van der Waals surface area contributed by atoms with Crippen LogP contribution in [0.15, 0.2) is 0 Å². The first-order valence-electron chi connectivity index (χ1n) is 3.59. The van der Waals surface area contributed by atoms with E-state index < -0.39 is 0 Å². The van der Waals surface area contributed by atoms with Gasteiger partial charge in [-0.15, -0.1) is 0 Å². The Labute approximate surface area is 58.4 Å². The Morgan fingerprint density at radius 3 is 2.00 bits per heavy atom. The maximum atomic E-state index is 5.29. The molecule has 0 aliphatic heterocycles. The molecule has 56 valence electrons. The Morgan fingerprint density at radius 2 is 1.89 bits per heavy atom. The minimum absolute atomic E-state index is 0.0503. The summed E-state index contributed by atoms with van der Waals surface area (Å²) in [7, 11) is 1.77. The van der Waals surface area contributed by atoms with Crippen LogP contribution in [0.25, 0.3) is 0 Å². The van der Waals surface area contributed by atoms with Gasteiger partial charge in [-0.2, -0.15) is 0 Å². The Hall–Kier alpha value is -0.0400. The van der Waals surface area contributed by atoms with Gasteiger partial charge in [-0.3, -0.25) is 0 Å². The average Bonchev–Trinajstić information content (AvgIpc) is 1.86. The molecule has 0 spiro atoms. The molecule has 0 saturated heterocycles. The van der Waals surface area contributed by atoms with Crippen molar-refractivity contribution in [2.45, 2.75) is 39.7 Å². The van der Waals surface area contributed by atoms with E-state index in [2.05, 4.69) is 27.7 Å². The van der Waals surface area contributed by atoms with Crippen molar-refractivity contribution in [3.8, 4) is 0 Å². The summed E-state index contributed by atoms with van der Waals surface area (Å²) < 4.78 is 5.29. The van der Waals surface area contributed by atoms with E-state index in [1.807, 2.05) is 0 Å². The molecule has 1 nitrogen and oxygen atoms in total. The molecule has 0 aromatic carbocycles. The molecule has 0 N–H and O–H groups in total. The minimum atomic E-state index is 0.0503. The van der Waals surface area contributed by atoms with E-state index in [4.69, 9.17) is 4.74 Å². The molecular weight excluding hydrogens is 112 g/mol. The first kappa shape index (κ1) is 8.96. The monoisotopic (exact) mass is 130 g/mol. The van der Waals surface area contributed by atoms with Gasteiger partial charge in [0, 0.05) is 7.11 Å². The lowest BCUT2D eigenvalue weighted by Crippen LogP contribution is -2.30. The van der Waals surface area contributed by atoms with Crippen molar-refractivity contribution in [2.24, 2.45) is 5.92 Å². The number of ether oxygens (including phenoxy) is 1. The number of hydrogen-bond acceptors (Lipinski definition) is 1. The molecule has 0 saturated carbocycles. The summed E-state index contributed by atoms with van der Waals surface area (Å²) >= 11 is 0. The van der Waals surface area contributed by atoms with Crippen molar-refractivity contribution in [3.05, 3.63) is 0 Å². The smallest absolute Gasteiger partial charge is 0.0648 e. The molecule has 0 fully saturated rings. The van der Waals surface area contributed by atoms with E-state index in [1.54, 1.807) is 7.11 Å². The second-order valence-electron chi connectivity index (χ2n) is 3.12. The quantitative estimate of drug-likeness (QED) is 0.570. The third-order valence-electron chi connectivity index (χ3n) is 2.33. The van der Waals surface area contributed by atoms with Crippen LogP contribution in [0, 0.1) is 5.92 Å². The maximum Gasteiger partial charge on any atom is 0.0648 e. The average molecular weight is 130 g/mol. The second kappa shape index (κ2) is 3.21. The van der Waals surface area contributed by atoms with Crippen molar-refractivity contribution in [3.63, 3.8) is 0 Å². The third kappa shape index (κ3) is 2.35. The van der Waals surface area contributed by atoms with Crippen molar-refractivity contribution in [1.82, 2.24) is 0 Å². The van der Waals surface area contributed by atoms with Crippen LogP contribution < -0.4 is 0 Å². The van der Waals surface area contributed by atoms with Crippen molar-refractivity contribution in [2.75, 3.05) is 7.11 Å². The van der Waals surface area contributed by atoms with Crippen LogP contribution in [0.2, 0.25) is 0 Å². The molecule has 0 aromatic heterocycles. The molecule has 0 rings (SSSR count). The molecular formula is C8H18O. The number of methoxy groups -OCH3 is 1. The predicted molar refractivity (Wildman–Crippen MR) is 40.5 cm³/mol. The lowest BCUT2D eigenvalue weighted by molar-refractivity contribution is -0.0228. The first-order valence-corrected chi connectivity index (χ1v) is 3.59. The fraction of sp³-hybridized carbons (Fsp3) is 1.00. The van der Waals surface area contributed by atoms with Gasteiger partial charge in [0.2, 0.25) is 0 Å². The standard InChI is InChI=1S/C8H18O/c1-6-7(2)8(3,4)9-5/h7H,6H2,1-5H3/t7-/m1/s1. The van der Waals surface area contributed by atoms with Crippen LogP contribution in [0.4, 0.5) is 0 Å². The van der Waals surface area contributed by atoms with E-state index in [0.717, 1.165) is 0 Å². The van der Waals surface area contributed by atoms with Crippen LogP contribution in [0.5, 0.6) is 0 Å². The van der Waals surface area contributed by atoms with Gasteiger partial charge >= 0.3 is 0 Å². The summed E-state index contributed by atoms with van der Waals surface area (Å²) in [6.45, 7) is 8.65. The molecule has 1 atom stereocenters. The maximum absolute atomic E-state index is 5.29. The highest BCUT2D eigenvalue weighted by atomic mass is 16.5. The Morgan fingerprint density at radius 1 is 1.44 bits per heavy atom. The molecule has 0 radical (unpaired) electrons. The van der Waals surface area contributed by atoms with Gasteiger partial charge in [0.15, 0.2) is 0 Å². The first-order chi connectivity index (χ1) is 4.04. The summed E-state index contributed by atoms with van der Waals surface area (Å²) in [5.74, 6) is 0.641. The molecule has 1 heteroatoms. The Kier molecular flexibility index (Phi) is 3.20. The number of rotatable bonds is 3. The molecule has 0 aromatic rings. The topological polar surface area (TPSA) is 9.23 Å². The zero-order chi connectivity index (χ0) is 7.49. The van der Waals surface area contributed by atoms with Gasteiger partial charge in [0.25, 0.3) is 0 Å². The highest BCUT2D eigenvalue weighted by Gasteiger charge is 2.22. The van der Waals surface area contributed by atoms with Gasteiger partial charge < -0.3 is 4.74 Å². The summed E-state index contributed by atoms with van der Waals surface area (Å²) in [4.78, 5) is 0. The van der Waals surface area contributed by atoms with E-state index in [-0.39, 0.29) is 5.60 Å². The molecule has 0 heterocycles. The summed E-state index contributed by atoms with van der Waals surface area (Å²) in [6.07, 6.45) is 1.18. The van der Waals surface area contributed by atoms with Gasteiger partial charge in [-0.25, -0.2) is 0 Å². The molecule has 0 bridgehead atoms. The van der Waals surface area contributed by atoms with Crippen molar-refractivity contribution >= 4 is 0 Å². The molecule has 0 aliphatic rings. The molecule has 0 amide bonds. The lowest BCUT2D eigenvalue weighted by Gasteiger charge is -2.29. The van der Waals surface area contributed by atoms with Crippen LogP contribution in [0.3, 0.4) is 0 Å². The summed E-state index contributed by atoms with van der Waals surface area (Å²) in [5.41, 5.74) is 0.0503. The highest BCUT2D eigenvalue weighted by Crippen LogP contribution is 2.22. The molecule has 0 aliphatic carbocycles. The van der Waals surface area contributed by atoms with E-state index in [1.165, 1.54) is 6.42 Å². The van der Waals surface area contributed by atoms with Gasteiger partial charge in [0.05, 0.1) is 5.60 Å². The van der Waals surface area contributed by atoms with Crippen LogP contribution >= 0.6 is 0 Å². The van der Waals surface area contributed by atoms with Crippen LogP contribution in [0.1, 0.15) is 34.1 Å². The van der Waals surface area contributed by atoms with Gasteiger partial charge in [0.1, 0.15) is 0 Å². The molecule has 0 unspecified atom stereocenters. The zero-order valence-electron chi connectivity index (χ0n) is 7.19. The third-order valence-corrected chi connectivity index (χ3v) is 2.33. The highest BCUT2D eigenvalue weighted by molar-refractivity contribution is 4.73. The number of hydrogen-bond donors (Lipinski definition) is 0. The van der Waals surface area contributed by atoms with E-state index in [9.17, 15) is 0 Å². The van der Waals surface area contributed by atoms with Crippen molar-refractivity contribution < 1.29 is 4.74 Å². The summed E-state index contributed by atoms with van der Waals surface area (Å²) in [5, 5.41) is 0. The lowest BCUT2D eigenvalue weighted by atomic mass is 9.90. The normalized spacial score (nSPS) is 15.7. The van der Waals surface area contributed by atoms with Crippen molar-refractivity contribution in [1.29, 1.82) is 0 Å². The Bertz CT molecular complexity index is 76.6. The minimum Gasteiger partial charge on any atom is -0.379 e. The fourth-order valence-electron chi connectivity index (χ4n) is 0.693. The van der Waals surface area contributed by atoms with E-state index >= 15 is 0 Å². The van der Waals surface area contributed by atoms with Gasteiger partial charge in [-0.05, 0) is 19.8 Å². The second-order valence-corrected chi connectivity index (χ2v) is 3.12. The fourth-order valence-corrected chi connectivity index (χ4v) is 0.693. The van der Waals surface area contributed by atoms with Crippen LogP contribution in [-0.4, -0.2) is 12.7 Å². The largest absolute Gasteiger partial charge is 0.379 e.